The molecule has 0 unspecified atom stereocenters. The summed E-state index contributed by atoms with van der Waals surface area (Å²) in [6.45, 7) is 6.08. The average Bonchev–Trinajstić information content (AvgIpc) is 3.22. The smallest absolute Gasteiger partial charge is 0.257 e. The van der Waals surface area contributed by atoms with Crippen LogP contribution in [0.3, 0.4) is 0 Å². The minimum Gasteiger partial charge on any atom is -0.372 e. The Morgan fingerprint density at radius 1 is 1.19 bits per heavy atom. The molecule has 2 heterocycles. The summed E-state index contributed by atoms with van der Waals surface area (Å²) in [6, 6.07) is 9.35. The van der Waals surface area contributed by atoms with Crippen molar-refractivity contribution in [2.75, 3.05) is 23.3 Å². The highest BCUT2D eigenvalue weighted by molar-refractivity contribution is 7.20. The van der Waals surface area contributed by atoms with Crippen molar-refractivity contribution in [3.05, 3.63) is 49.9 Å². The summed E-state index contributed by atoms with van der Waals surface area (Å²) in [6.07, 6.45) is 0. The van der Waals surface area contributed by atoms with Crippen molar-refractivity contribution >= 4 is 62.6 Å². The fourth-order valence-corrected chi connectivity index (χ4v) is 4.74. The normalized spacial score (nSPS) is 10.8. The number of halogens is 2. The zero-order valence-corrected chi connectivity index (χ0v) is 17.4. The van der Waals surface area contributed by atoms with Gasteiger partial charge in [0.25, 0.3) is 5.91 Å². The number of nitrogens with one attached hydrogen (secondary N) is 1. The maximum absolute atomic E-state index is 12.4. The molecule has 0 aliphatic heterocycles. The Kier molecular flexibility index (Phi) is 6.19. The number of carbonyl (C=O) groups is 1. The van der Waals surface area contributed by atoms with Gasteiger partial charge in [0.2, 0.25) is 0 Å². The lowest BCUT2D eigenvalue weighted by molar-refractivity contribution is 0.102. The molecule has 26 heavy (non-hydrogen) atoms. The van der Waals surface area contributed by atoms with Gasteiger partial charge in [0, 0.05) is 35.3 Å². The Balaban J connectivity index is 1.71. The first-order valence-electron chi connectivity index (χ1n) is 8.09. The zero-order chi connectivity index (χ0) is 18.7. The van der Waals surface area contributed by atoms with Crippen LogP contribution in [0.5, 0.6) is 0 Å². The van der Waals surface area contributed by atoms with Crippen LogP contribution in [-0.2, 0) is 0 Å². The van der Waals surface area contributed by atoms with Gasteiger partial charge in [-0.25, -0.2) is 4.98 Å². The van der Waals surface area contributed by atoms with Crippen molar-refractivity contribution in [2.24, 2.45) is 0 Å². The number of hydrogen-bond donors (Lipinski definition) is 1. The summed E-state index contributed by atoms with van der Waals surface area (Å²) >= 11 is 14.8. The van der Waals surface area contributed by atoms with E-state index in [1.807, 2.05) is 29.6 Å². The first kappa shape index (κ1) is 19.2. The van der Waals surface area contributed by atoms with Crippen molar-refractivity contribution in [1.82, 2.24) is 4.98 Å². The van der Waals surface area contributed by atoms with Crippen molar-refractivity contribution in [1.29, 1.82) is 0 Å². The number of hydrogen-bond acceptors (Lipinski definition) is 5. The van der Waals surface area contributed by atoms with Gasteiger partial charge in [-0.15, -0.1) is 22.7 Å². The van der Waals surface area contributed by atoms with E-state index >= 15 is 0 Å². The van der Waals surface area contributed by atoms with E-state index in [1.54, 1.807) is 6.07 Å². The molecular weight excluding hydrogens is 409 g/mol. The third-order valence-corrected chi connectivity index (χ3v) is 6.16. The first-order chi connectivity index (χ1) is 12.5. The van der Waals surface area contributed by atoms with Gasteiger partial charge in [0.15, 0.2) is 5.13 Å². The molecule has 0 saturated carbocycles. The molecule has 1 amide bonds. The maximum Gasteiger partial charge on any atom is 0.257 e. The monoisotopic (exact) mass is 425 g/mol. The summed E-state index contributed by atoms with van der Waals surface area (Å²) in [5.74, 6) is -0.188. The molecule has 0 bridgehead atoms. The first-order valence-corrected chi connectivity index (χ1v) is 10.5. The van der Waals surface area contributed by atoms with Crippen LogP contribution in [0.4, 0.5) is 10.8 Å². The van der Waals surface area contributed by atoms with Crippen molar-refractivity contribution in [3.63, 3.8) is 0 Å². The molecule has 0 saturated heterocycles. The van der Waals surface area contributed by atoms with Crippen LogP contribution < -0.4 is 10.2 Å². The van der Waals surface area contributed by atoms with Crippen LogP contribution in [0.1, 0.15) is 24.2 Å². The number of anilines is 2. The second-order valence-electron chi connectivity index (χ2n) is 5.45. The highest BCUT2D eigenvalue weighted by Crippen LogP contribution is 2.39. The van der Waals surface area contributed by atoms with Crippen molar-refractivity contribution in [2.45, 2.75) is 13.8 Å². The Bertz CT molecular complexity index is 902. The van der Waals surface area contributed by atoms with Gasteiger partial charge in [0.1, 0.15) is 4.34 Å². The van der Waals surface area contributed by atoms with E-state index in [0.717, 1.165) is 24.3 Å². The second-order valence-corrected chi connectivity index (χ2v) is 8.59. The molecule has 8 heteroatoms. The molecule has 0 radical (unpaired) electrons. The number of thiazole rings is 1. The van der Waals surface area contributed by atoms with Crippen molar-refractivity contribution < 1.29 is 4.79 Å². The fraction of sp³-hybridized carbons (Fsp3) is 0.222. The number of aromatic nitrogens is 1. The molecule has 2 aromatic heterocycles. The van der Waals surface area contributed by atoms with Gasteiger partial charge in [0.05, 0.1) is 10.0 Å². The molecular formula is C18H17Cl2N3OS2. The van der Waals surface area contributed by atoms with E-state index in [-0.39, 0.29) is 5.91 Å². The largest absolute Gasteiger partial charge is 0.372 e. The third kappa shape index (κ3) is 4.20. The molecule has 1 aromatic carbocycles. The van der Waals surface area contributed by atoms with Crippen LogP contribution >= 0.6 is 45.9 Å². The van der Waals surface area contributed by atoms with Gasteiger partial charge in [-0.1, -0.05) is 23.2 Å². The molecule has 136 valence electrons. The Morgan fingerprint density at radius 2 is 1.88 bits per heavy atom. The minimum atomic E-state index is -0.188. The minimum absolute atomic E-state index is 0.188. The molecule has 3 rings (SSSR count). The van der Waals surface area contributed by atoms with Crippen molar-refractivity contribution in [3.8, 4) is 11.3 Å². The predicted molar refractivity (Wildman–Crippen MR) is 113 cm³/mol. The molecule has 3 aromatic rings. The fourth-order valence-electron chi connectivity index (χ4n) is 2.55. The Labute approximate surface area is 170 Å². The molecule has 0 spiro atoms. The Morgan fingerprint density at radius 3 is 2.46 bits per heavy atom. The van der Waals surface area contributed by atoms with Gasteiger partial charge in [-0.2, -0.15) is 0 Å². The second kappa shape index (κ2) is 8.39. The highest BCUT2D eigenvalue weighted by atomic mass is 35.5. The molecule has 0 aliphatic rings. The molecule has 0 aliphatic carbocycles. The quantitative estimate of drug-likeness (QED) is 0.505. The molecule has 1 N–H and O–H groups in total. The van der Waals surface area contributed by atoms with Crippen LogP contribution in [0.25, 0.3) is 11.3 Å². The zero-order valence-electron chi connectivity index (χ0n) is 14.3. The van der Waals surface area contributed by atoms with E-state index in [2.05, 4.69) is 29.0 Å². The number of rotatable bonds is 6. The van der Waals surface area contributed by atoms with Crippen LogP contribution in [0, 0.1) is 0 Å². The number of carbonyl (C=O) groups excluding carboxylic acids is 1. The summed E-state index contributed by atoms with van der Waals surface area (Å²) in [4.78, 5) is 19.1. The van der Waals surface area contributed by atoms with Crippen LogP contribution in [0.15, 0.2) is 35.7 Å². The summed E-state index contributed by atoms with van der Waals surface area (Å²) in [7, 11) is 0. The standard InChI is InChI=1S/C18H17Cl2N3OS2/c1-3-23(4-2)12-7-5-11(6-8-12)17(24)22-18-21-14(10-25-18)13-9-15(19)26-16(13)20/h5-10H,3-4H2,1-2H3,(H,21,22,24). The maximum atomic E-state index is 12.4. The average molecular weight is 426 g/mol. The van der Waals surface area contributed by atoms with E-state index in [9.17, 15) is 4.79 Å². The number of benzene rings is 1. The van der Waals surface area contributed by atoms with E-state index in [1.165, 1.54) is 22.7 Å². The summed E-state index contributed by atoms with van der Waals surface area (Å²) in [5.41, 5.74) is 3.18. The van der Waals surface area contributed by atoms with Crippen LogP contribution in [0.2, 0.25) is 8.67 Å². The highest BCUT2D eigenvalue weighted by Gasteiger charge is 2.14. The third-order valence-electron chi connectivity index (χ3n) is 3.92. The number of thiophene rings is 1. The summed E-state index contributed by atoms with van der Waals surface area (Å²) in [5, 5.41) is 5.21. The van der Waals surface area contributed by atoms with Gasteiger partial charge < -0.3 is 4.90 Å². The predicted octanol–water partition coefficient (Wildman–Crippen LogP) is 6.28. The summed E-state index contributed by atoms with van der Waals surface area (Å²) < 4.78 is 1.20. The van der Waals surface area contributed by atoms with Gasteiger partial charge in [-0.05, 0) is 44.2 Å². The number of amides is 1. The topological polar surface area (TPSA) is 45.2 Å². The lowest BCUT2D eigenvalue weighted by atomic mass is 10.2. The van der Waals surface area contributed by atoms with E-state index < -0.39 is 0 Å². The van der Waals surface area contributed by atoms with Gasteiger partial charge >= 0.3 is 0 Å². The molecule has 0 fully saturated rings. The van der Waals surface area contributed by atoms with E-state index in [0.29, 0.717) is 25.1 Å². The lowest BCUT2D eigenvalue weighted by Gasteiger charge is -2.20. The lowest BCUT2D eigenvalue weighted by Crippen LogP contribution is -2.21. The van der Waals surface area contributed by atoms with Gasteiger partial charge in [-0.3, -0.25) is 10.1 Å². The SMILES string of the molecule is CCN(CC)c1ccc(C(=O)Nc2nc(-c3cc(Cl)sc3Cl)cs2)cc1. The van der Waals surface area contributed by atoms with Crippen LogP contribution in [-0.4, -0.2) is 24.0 Å². The molecule has 4 nitrogen and oxygen atoms in total. The van der Waals surface area contributed by atoms with E-state index in [4.69, 9.17) is 23.2 Å². The Hall–Kier alpha value is -1.60. The molecule has 0 atom stereocenters. The number of nitrogens with zero attached hydrogens (tertiary/aromatic N) is 2.